The van der Waals surface area contributed by atoms with Crippen LogP contribution in [0.25, 0.3) is 4.96 Å². The van der Waals surface area contributed by atoms with Crippen LogP contribution in [0.2, 0.25) is 0 Å². The second-order valence-corrected chi connectivity index (χ2v) is 9.47. The lowest BCUT2D eigenvalue weighted by molar-refractivity contribution is 0.105. The Hall–Kier alpha value is -3.14. The van der Waals surface area contributed by atoms with Gasteiger partial charge in [-0.15, -0.1) is 5.10 Å². The fourth-order valence-corrected chi connectivity index (χ4v) is 5.76. The number of hydrogen-bond acceptors (Lipinski definition) is 8. The Kier molecular flexibility index (Phi) is 6.40. The smallest absolute Gasteiger partial charge is 0.230 e. The standard InChI is InChI=1S/C25H29N5O3S/c1-17-26-25-30(27-17)24(31)23(34-25)22(19-9-10-20(32-2)21(15-19)33-3)29-13-11-28(12-14-29)16-18-7-5-4-6-8-18/h4-10,15,22,31H,11-14,16H2,1-3H3/t22-/m1/s1. The van der Waals surface area contributed by atoms with Crippen LogP contribution in [0.4, 0.5) is 0 Å². The van der Waals surface area contributed by atoms with Crippen LogP contribution in [0.3, 0.4) is 0 Å². The summed E-state index contributed by atoms with van der Waals surface area (Å²) in [5.74, 6) is 2.14. The molecule has 0 saturated carbocycles. The molecule has 8 nitrogen and oxygen atoms in total. The molecule has 4 aromatic rings. The molecule has 3 heterocycles. The van der Waals surface area contributed by atoms with Crippen molar-refractivity contribution in [3.05, 3.63) is 70.4 Å². The molecule has 0 unspecified atom stereocenters. The number of benzene rings is 2. The van der Waals surface area contributed by atoms with Crippen molar-refractivity contribution < 1.29 is 14.6 Å². The van der Waals surface area contributed by atoms with Crippen LogP contribution < -0.4 is 9.47 Å². The second-order valence-electron chi connectivity index (χ2n) is 8.46. The first-order valence-electron chi connectivity index (χ1n) is 11.3. The summed E-state index contributed by atoms with van der Waals surface area (Å²) in [6.45, 7) is 6.40. The third-order valence-corrected chi connectivity index (χ3v) is 7.37. The molecule has 2 aromatic heterocycles. The Labute approximate surface area is 203 Å². The molecule has 0 bridgehead atoms. The summed E-state index contributed by atoms with van der Waals surface area (Å²) in [5, 5.41) is 15.5. The molecule has 1 atom stereocenters. The fraction of sp³-hybridized carbons (Fsp3) is 0.360. The van der Waals surface area contributed by atoms with E-state index in [4.69, 9.17) is 9.47 Å². The molecule has 5 rings (SSSR count). The van der Waals surface area contributed by atoms with Crippen molar-refractivity contribution in [3.8, 4) is 17.4 Å². The number of aromatic nitrogens is 3. The minimum Gasteiger partial charge on any atom is -0.493 e. The van der Waals surface area contributed by atoms with Crippen molar-refractivity contribution in [1.29, 1.82) is 0 Å². The summed E-state index contributed by atoms with van der Waals surface area (Å²) in [6, 6.07) is 16.4. The normalized spacial score (nSPS) is 16.1. The molecule has 9 heteroatoms. The topological polar surface area (TPSA) is 75.4 Å². The average molecular weight is 480 g/mol. The number of rotatable bonds is 7. The van der Waals surface area contributed by atoms with E-state index in [1.54, 1.807) is 14.2 Å². The zero-order chi connectivity index (χ0) is 23.7. The minimum absolute atomic E-state index is 0.145. The van der Waals surface area contributed by atoms with Gasteiger partial charge in [-0.05, 0) is 30.2 Å². The maximum Gasteiger partial charge on any atom is 0.230 e. The Morgan fingerprint density at radius 3 is 2.41 bits per heavy atom. The van der Waals surface area contributed by atoms with Gasteiger partial charge in [-0.1, -0.05) is 47.7 Å². The SMILES string of the molecule is COc1ccc([C@H](c2sc3nc(C)nn3c2O)N2CCN(Cc3ccccc3)CC2)cc1OC. The van der Waals surface area contributed by atoms with Gasteiger partial charge in [0.2, 0.25) is 10.8 Å². The van der Waals surface area contributed by atoms with Gasteiger partial charge in [-0.25, -0.2) is 4.98 Å². The van der Waals surface area contributed by atoms with Gasteiger partial charge in [-0.2, -0.15) is 4.52 Å². The molecule has 1 aliphatic heterocycles. The molecule has 0 aliphatic carbocycles. The minimum atomic E-state index is -0.146. The first-order valence-corrected chi connectivity index (χ1v) is 12.2. The van der Waals surface area contributed by atoms with E-state index >= 15 is 0 Å². The second kappa shape index (κ2) is 9.61. The maximum atomic E-state index is 11.1. The monoisotopic (exact) mass is 479 g/mol. The van der Waals surface area contributed by atoms with Crippen LogP contribution in [-0.4, -0.2) is 69.9 Å². The lowest BCUT2D eigenvalue weighted by atomic mass is 10.0. The van der Waals surface area contributed by atoms with Gasteiger partial charge in [0.15, 0.2) is 11.5 Å². The van der Waals surface area contributed by atoms with Gasteiger partial charge in [0.1, 0.15) is 5.82 Å². The zero-order valence-corrected chi connectivity index (χ0v) is 20.5. The van der Waals surface area contributed by atoms with E-state index in [1.165, 1.54) is 21.4 Å². The molecule has 1 N–H and O–H groups in total. The fourth-order valence-electron chi connectivity index (χ4n) is 4.60. The van der Waals surface area contributed by atoms with Crippen molar-refractivity contribution in [2.24, 2.45) is 0 Å². The average Bonchev–Trinajstić information content (AvgIpc) is 3.37. The molecule has 0 amide bonds. The summed E-state index contributed by atoms with van der Waals surface area (Å²) in [5.41, 5.74) is 2.36. The van der Waals surface area contributed by atoms with Crippen molar-refractivity contribution in [3.63, 3.8) is 0 Å². The number of thiazole rings is 1. The number of hydrogen-bond donors (Lipinski definition) is 1. The summed E-state index contributed by atoms with van der Waals surface area (Å²) < 4.78 is 12.6. The maximum absolute atomic E-state index is 11.1. The number of fused-ring (bicyclic) bond motifs is 1. The van der Waals surface area contributed by atoms with Crippen LogP contribution in [0, 0.1) is 6.92 Å². The van der Waals surface area contributed by atoms with Gasteiger partial charge < -0.3 is 14.6 Å². The lowest BCUT2D eigenvalue weighted by Gasteiger charge is -2.39. The van der Waals surface area contributed by atoms with Gasteiger partial charge in [0.25, 0.3) is 0 Å². The number of ether oxygens (including phenoxy) is 2. The predicted octanol–water partition coefficient (Wildman–Crippen LogP) is 3.73. The summed E-state index contributed by atoms with van der Waals surface area (Å²) in [6.07, 6.45) is 0. The van der Waals surface area contributed by atoms with Crippen LogP contribution in [-0.2, 0) is 6.54 Å². The highest BCUT2D eigenvalue weighted by Crippen LogP contribution is 2.42. The molecule has 1 aliphatic rings. The first-order chi connectivity index (χ1) is 16.6. The van der Waals surface area contributed by atoms with Crippen LogP contribution in [0.15, 0.2) is 48.5 Å². The van der Waals surface area contributed by atoms with Crippen LogP contribution >= 0.6 is 11.3 Å². The van der Waals surface area contributed by atoms with E-state index in [2.05, 4.69) is 50.2 Å². The Balaban J connectivity index is 1.46. The van der Waals surface area contributed by atoms with Gasteiger partial charge >= 0.3 is 0 Å². The Morgan fingerprint density at radius 2 is 1.74 bits per heavy atom. The summed E-state index contributed by atoms with van der Waals surface area (Å²) >= 11 is 1.48. The third kappa shape index (κ3) is 4.34. The van der Waals surface area contributed by atoms with Gasteiger partial charge in [0.05, 0.1) is 25.1 Å². The molecule has 1 saturated heterocycles. The van der Waals surface area contributed by atoms with Crippen molar-refractivity contribution in [2.75, 3.05) is 40.4 Å². The van der Waals surface area contributed by atoms with E-state index in [-0.39, 0.29) is 11.9 Å². The Bertz CT molecular complexity index is 1260. The van der Waals surface area contributed by atoms with Crippen molar-refractivity contribution >= 4 is 16.3 Å². The number of aromatic hydroxyl groups is 1. The third-order valence-electron chi connectivity index (χ3n) is 6.30. The lowest BCUT2D eigenvalue weighted by Crippen LogP contribution is -2.47. The highest BCUT2D eigenvalue weighted by atomic mass is 32.1. The Morgan fingerprint density at radius 1 is 1.00 bits per heavy atom. The molecule has 0 spiro atoms. The van der Waals surface area contributed by atoms with E-state index in [0.29, 0.717) is 22.3 Å². The number of piperazine rings is 1. The van der Waals surface area contributed by atoms with E-state index in [9.17, 15) is 5.11 Å². The van der Waals surface area contributed by atoms with E-state index in [0.717, 1.165) is 43.2 Å². The highest BCUT2D eigenvalue weighted by molar-refractivity contribution is 7.17. The zero-order valence-electron chi connectivity index (χ0n) is 19.6. The number of methoxy groups -OCH3 is 2. The molecule has 34 heavy (non-hydrogen) atoms. The molecule has 2 aromatic carbocycles. The highest BCUT2D eigenvalue weighted by Gasteiger charge is 2.32. The van der Waals surface area contributed by atoms with Crippen molar-refractivity contribution in [2.45, 2.75) is 19.5 Å². The largest absolute Gasteiger partial charge is 0.493 e. The summed E-state index contributed by atoms with van der Waals surface area (Å²) in [4.78, 5) is 10.9. The van der Waals surface area contributed by atoms with Crippen molar-refractivity contribution in [1.82, 2.24) is 24.4 Å². The van der Waals surface area contributed by atoms with E-state index in [1.807, 2.05) is 25.1 Å². The molecule has 178 valence electrons. The van der Waals surface area contributed by atoms with Gasteiger partial charge in [-0.3, -0.25) is 9.80 Å². The van der Waals surface area contributed by atoms with Crippen LogP contribution in [0.1, 0.15) is 27.9 Å². The van der Waals surface area contributed by atoms with Crippen LogP contribution in [0.5, 0.6) is 17.4 Å². The molecular weight excluding hydrogens is 450 g/mol. The molecular formula is C25H29N5O3S. The van der Waals surface area contributed by atoms with Gasteiger partial charge in [0, 0.05) is 32.7 Å². The quantitative estimate of drug-likeness (QED) is 0.433. The molecule has 0 radical (unpaired) electrons. The predicted molar refractivity (Wildman–Crippen MR) is 132 cm³/mol. The number of aryl methyl sites for hydroxylation is 1. The number of nitrogens with zero attached hydrogens (tertiary/aromatic N) is 5. The summed E-state index contributed by atoms with van der Waals surface area (Å²) in [7, 11) is 3.28. The molecule has 1 fully saturated rings. The van der Waals surface area contributed by atoms with E-state index < -0.39 is 0 Å². The first kappa shape index (κ1) is 22.6.